The largest absolute Gasteiger partial charge is 0.449 e. The third kappa shape index (κ3) is 3.45. The number of nitrogens with zero attached hydrogens (tertiary/aromatic N) is 1. The van der Waals surface area contributed by atoms with Gasteiger partial charge in [-0.05, 0) is 35.6 Å². The number of furan rings is 1. The van der Waals surface area contributed by atoms with Gasteiger partial charge in [0, 0.05) is 11.4 Å². The molecule has 5 heteroatoms. The maximum absolute atomic E-state index is 12.5. The van der Waals surface area contributed by atoms with Crippen LogP contribution in [0.25, 0.3) is 22.1 Å². The van der Waals surface area contributed by atoms with E-state index < -0.39 is 0 Å². The van der Waals surface area contributed by atoms with Crippen LogP contribution in [-0.4, -0.2) is 9.97 Å². The molecule has 4 rings (SSSR count). The predicted octanol–water partition coefficient (Wildman–Crippen LogP) is 4.72. The summed E-state index contributed by atoms with van der Waals surface area (Å²) in [4.78, 5) is 20.0. The van der Waals surface area contributed by atoms with Crippen molar-refractivity contribution in [3.8, 4) is 0 Å². The number of hydrogen-bond acceptors (Lipinski definition) is 4. The summed E-state index contributed by atoms with van der Waals surface area (Å²) >= 11 is 0. The van der Waals surface area contributed by atoms with Gasteiger partial charge in [-0.25, -0.2) is 4.98 Å². The fourth-order valence-electron chi connectivity index (χ4n) is 3.64. The number of para-hydroxylation sites is 1. The van der Waals surface area contributed by atoms with Crippen LogP contribution in [0.4, 0.5) is 0 Å². The topological polar surface area (TPSA) is 70.9 Å². The Balaban J connectivity index is 1.62. The number of aromatic amines is 1. The Labute approximate surface area is 163 Å². The molecule has 0 spiro atoms. The van der Waals surface area contributed by atoms with Crippen LogP contribution in [-0.2, 0) is 13.0 Å². The Hall–Kier alpha value is -2.92. The standard InChI is InChI=1S/C23H25N3O2/c1-4-15-9-11-16(12-10-15)20(14(2)3)24-13-19-25-21-17-7-5-6-8-18(17)28-22(21)23(27)26-19/h5-12,14,20,24H,4,13H2,1-3H3,(H,25,26,27)/t20-/m1/s1. The van der Waals surface area contributed by atoms with Gasteiger partial charge in [0.2, 0.25) is 5.58 Å². The van der Waals surface area contributed by atoms with Crippen molar-refractivity contribution in [3.63, 3.8) is 0 Å². The first kappa shape index (κ1) is 18.4. The van der Waals surface area contributed by atoms with Gasteiger partial charge in [-0.1, -0.05) is 57.2 Å². The lowest BCUT2D eigenvalue weighted by Crippen LogP contribution is -2.27. The molecular formula is C23H25N3O2. The lowest BCUT2D eigenvalue weighted by atomic mass is 9.95. The highest BCUT2D eigenvalue weighted by Crippen LogP contribution is 2.25. The minimum Gasteiger partial charge on any atom is -0.449 e. The van der Waals surface area contributed by atoms with Gasteiger partial charge in [-0.3, -0.25) is 4.79 Å². The van der Waals surface area contributed by atoms with E-state index in [-0.39, 0.29) is 17.2 Å². The summed E-state index contributed by atoms with van der Waals surface area (Å²) in [7, 11) is 0. The first-order chi connectivity index (χ1) is 13.6. The molecule has 0 aliphatic rings. The summed E-state index contributed by atoms with van der Waals surface area (Å²) in [6, 6.07) is 16.5. The molecule has 5 nitrogen and oxygen atoms in total. The lowest BCUT2D eigenvalue weighted by molar-refractivity contribution is 0.406. The molecule has 1 atom stereocenters. The molecule has 0 radical (unpaired) electrons. The van der Waals surface area contributed by atoms with E-state index in [4.69, 9.17) is 4.42 Å². The van der Waals surface area contributed by atoms with Crippen LogP contribution in [0.15, 0.2) is 57.7 Å². The van der Waals surface area contributed by atoms with E-state index in [0.29, 0.717) is 29.4 Å². The number of hydrogen-bond donors (Lipinski definition) is 2. The molecule has 0 aliphatic carbocycles. The average Bonchev–Trinajstić information content (AvgIpc) is 3.08. The summed E-state index contributed by atoms with van der Waals surface area (Å²) in [5.74, 6) is 1.01. The molecule has 0 bridgehead atoms. The quantitative estimate of drug-likeness (QED) is 0.512. The van der Waals surface area contributed by atoms with Gasteiger partial charge < -0.3 is 14.7 Å². The fourth-order valence-corrected chi connectivity index (χ4v) is 3.64. The van der Waals surface area contributed by atoms with Crippen molar-refractivity contribution < 1.29 is 4.42 Å². The highest BCUT2D eigenvalue weighted by Gasteiger charge is 2.17. The summed E-state index contributed by atoms with van der Waals surface area (Å²) < 4.78 is 5.67. The molecule has 0 unspecified atom stereocenters. The van der Waals surface area contributed by atoms with Crippen LogP contribution in [0.2, 0.25) is 0 Å². The second-order valence-electron chi connectivity index (χ2n) is 7.49. The van der Waals surface area contributed by atoms with E-state index in [1.807, 2.05) is 24.3 Å². The van der Waals surface area contributed by atoms with Crippen molar-refractivity contribution in [3.05, 3.63) is 75.8 Å². The number of aryl methyl sites for hydroxylation is 1. The van der Waals surface area contributed by atoms with Gasteiger partial charge in [-0.15, -0.1) is 0 Å². The summed E-state index contributed by atoms with van der Waals surface area (Å²) in [5.41, 5.74) is 3.90. The number of aromatic nitrogens is 2. The smallest absolute Gasteiger partial charge is 0.294 e. The zero-order valence-corrected chi connectivity index (χ0v) is 16.5. The Bertz CT molecular complexity index is 1160. The summed E-state index contributed by atoms with van der Waals surface area (Å²) in [6.45, 7) is 7.01. The van der Waals surface area contributed by atoms with Crippen molar-refractivity contribution in [1.29, 1.82) is 0 Å². The molecule has 144 valence electrons. The van der Waals surface area contributed by atoms with Crippen molar-refractivity contribution >= 4 is 22.1 Å². The maximum atomic E-state index is 12.5. The van der Waals surface area contributed by atoms with Gasteiger partial charge in [0.25, 0.3) is 5.56 Å². The Morgan fingerprint density at radius 1 is 1.11 bits per heavy atom. The van der Waals surface area contributed by atoms with E-state index in [9.17, 15) is 4.79 Å². The molecule has 0 amide bonds. The molecule has 2 N–H and O–H groups in total. The second kappa shape index (κ2) is 7.60. The molecule has 2 heterocycles. The summed E-state index contributed by atoms with van der Waals surface area (Å²) in [5, 5.41) is 4.42. The molecule has 0 saturated carbocycles. The molecule has 2 aromatic heterocycles. The highest BCUT2D eigenvalue weighted by atomic mass is 16.3. The third-order valence-electron chi connectivity index (χ3n) is 5.18. The Kier molecular flexibility index (Phi) is 5.01. The second-order valence-corrected chi connectivity index (χ2v) is 7.49. The zero-order chi connectivity index (χ0) is 19.7. The SMILES string of the molecule is CCc1ccc([C@H](NCc2nc3c(oc4ccccc43)c(=O)[nH]2)C(C)C)cc1. The van der Waals surface area contributed by atoms with E-state index in [1.165, 1.54) is 11.1 Å². The van der Waals surface area contributed by atoms with Crippen LogP contribution < -0.4 is 10.9 Å². The first-order valence-corrected chi connectivity index (χ1v) is 9.79. The van der Waals surface area contributed by atoms with E-state index >= 15 is 0 Å². The van der Waals surface area contributed by atoms with Crippen LogP contribution in [0.1, 0.15) is 43.8 Å². The minimum absolute atomic E-state index is 0.174. The van der Waals surface area contributed by atoms with E-state index in [2.05, 4.69) is 60.3 Å². The zero-order valence-electron chi connectivity index (χ0n) is 16.5. The normalized spacial score (nSPS) is 12.9. The monoisotopic (exact) mass is 375 g/mol. The third-order valence-corrected chi connectivity index (χ3v) is 5.18. The van der Waals surface area contributed by atoms with Gasteiger partial charge in [0.05, 0.1) is 6.54 Å². The molecule has 28 heavy (non-hydrogen) atoms. The average molecular weight is 375 g/mol. The molecule has 2 aromatic carbocycles. The highest BCUT2D eigenvalue weighted by molar-refractivity contribution is 6.01. The number of fused-ring (bicyclic) bond motifs is 3. The lowest BCUT2D eigenvalue weighted by Gasteiger charge is -2.23. The van der Waals surface area contributed by atoms with E-state index in [0.717, 1.165) is 11.8 Å². The molecule has 0 fully saturated rings. The molecule has 0 aliphatic heterocycles. The van der Waals surface area contributed by atoms with Crippen LogP contribution in [0.3, 0.4) is 0 Å². The van der Waals surface area contributed by atoms with Crippen LogP contribution >= 0.6 is 0 Å². The summed E-state index contributed by atoms with van der Waals surface area (Å²) in [6.07, 6.45) is 1.03. The van der Waals surface area contributed by atoms with Crippen molar-refractivity contribution in [2.45, 2.75) is 39.8 Å². The van der Waals surface area contributed by atoms with Crippen LogP contribution in [0.5, 0.6) is 0 Å². The molecular weight excluding hydrogens is 350 g/mol. The van der Waals surface area contributed by atoms with Gasteiger partial charge in [0.1, 0.15) is 16.9 Å². The number of rotatable bonds is 6. The van der Waals surface area contributed by atoms with Gasteiger partial charge in [-0.2, -0.15) is 0 Å². The van der Waals surface area contributed by atoms with Crippen molar-refractivity contribution in [1.82, 2.24) is 15.3 Å². The Morgan fingerprint density at radius 2 is 1.86 bits per heavy atom. The van der Waals surface area contributed by atoms with Crippen molar-refractivity contribution in [2.75, 3.05) is 0 Å². The molecule has 4 aromatic rings. The van der Waals surface area contributed by atoms with Crippen LogP contribution in [0, 0.1) is 5.92 Å². The maximum Gasteiger partial charge on any atom is 0.294 e. The van der Waals surface area contributed by atoms with Gasteiger partial charge >= 0.3 is 0 Å². The Morgan fingerprint density at radius 3 is 2.57 bits per heavy atom. The van der Waals surface area contributed by atoms with Gasteiger partial charge in [0.15, 0.2) is 0 Å². The van der Waals surface area contributed by atoms with E-state index in [1.54, 1.807) is 0 Å². The number of benzene rings is 2. The number of nitrogens with one attached hydrogen (secondary N) is 2. The van der Waals surface area contributed by atoms with Crippen molar-refractivity contribution in [2.24, 2.45) is 5.92 Å². The first-order valence-electron chi connectivity index (χ1n) is 9.79. The predicted molar refractivity (Wildman–Crippen MR) is 112 cm³/mol. The molecule has 0 saturated heterocycles. The number of H-pyrrole nitrogens is 1. The fraction of sp³-hybridized carbons (Fsp3) is 0.304. The minimum atomic E-state index is -0.244.